The van der Waals surface area contributed by atoms with E-state index >= 15 is 0 Å². The second-order valence-electron chi connectivity index (χ2n) is 7.02. The highest BCUT2D eigenvalue weighted by Crippen LogP contribution is 2.27. The van der Waals surface area contributed by atoms with E-state index in [1.165, 1.54) is 12.0 Å². The molecule has 25 heavy (non-hydrogen) atoms. The van der Waals surface area contributed by atoms with E-state index in [0.29, 0.717) is 11.6 Å². The number of benzene rings is 1. The van der Waals surface area contributed by atoms with E-state index in [9.17, 15) is 4.79 Å². The Morgan fingerprint density at radius 2 is 1.88 bits per heavy atom. The summed E-state index contributed by atoms with van der Waals surface area (Å²) in [6.07, 6.45) is 5.17. The lowest BCUT2D eigenvalue weighted by molar-refractivity contribution is 0.0725. The van der Waals surface area contributed by atoms with E-state index in [1.807, 2.05) is 23.1 Å². The second kappa shape index (κ2) is 7.79. The summed E-state index contributed by atoms with van der Waals surface area (Å²) in [4.78, 5) is 21.7. The number of piperidine rings is 1. The molecule has 0 spiro atoms. The van der Waals surface area contributed by atoms with Gasteiger partial charge in [0.15, 0.2) is 0 Å². The molecular formula is C21H27N3O. The van der Waals surface area contributed by atoms with Gasteiger partial charge in [0, 0.05) is 30.9 Å². The summed E-state index contributed by atoms with van der Waals surface area (Å²) >= 11 is 0. The Bertz CT molecular complexity index is 735. The number of pyridine rings is 1. The van der Waals surface area contributed by atoms with Gasteiger partial charge in [-0.1, -0.05) is 18.2 Å². The molecule has 132 valence electrons. The zero-order valence-electron chi connectivity index (χ0n) is 15.4. The molecule has 1 aliphatic rings. The molecule has 0 saturated carbocycles. The number of rotatable bonds is 4. The van der Waals surface area contributed by atoms with Crippen LogP contribution in [0.2, 0.25) is 0 Å². The van der Waals surface area contributed by atoms with Crippen molar-refractivity contribution in [2.75, 3.05) is 27.2 Å². The molecular weight excluding hydrogens is 310 g/mol. The molecule has 0 N–H and O–H groups in total. The summed E-state index contributed by atoms with van der Waals surface area (Å²) < 4.78 is 0. The highest BCUT2D eigenvalue weighted by atomic mass is 16.2. The fraction of sp³-hybridized carbons (Fsp3) is 0.429. The fourth-order valence-corrected chi connectivity index (χ4v) is 3.32. The van der Waals surface area contributed by atoms with Gasteiger partial charge in [0.05, 0.1) is 11.3 Å². The summed E-state index contributed by atoms with van der Waals surface area (Å²) in [6, 6.07) is 12.4. The number of aromatic nitrogens is 1. The topological polar surface area (TPSA) is 36.4 Å². The predicted molar refractivity (Wildman–Crippen MR) is 102 cm³/mol. The Morgan fingerprint density at radius 3 is 2.60 bits per heavy atom. The molecule has 2 heterocycles. The minimum Gasteiger partial charge on any atom is -0.339 e. The standard InChI is InChI=1S/C21H27N3O/c1-16(23(2)3)17-9-7-10-18(15-17)20-19(11-8-12-22-20)21(25)24-13-5-4-6-14-24/h7-12,15-16H,4-6,13-14H2,1-3H3/t16-/m0/s1. The van der Waals surface area contributed by atoms with Crippen molar-refractivity contribution in [3.05, 3.63) is 53.7 Å². The average molecular weight is 337 g/mol. The van der Waals surface area contributed by atoms with Crippen molar-refractivity contribution in [2.45, 2.75) is 32.2 Å². The van der Waals surface area contributed by atoms with Crippen LogP contribution < -0.4 is 0 Å². The zero-order chi connectivity index (χ0) is 17.8. The molecule has 1 aromatic heterocycles. The van der Waals surface area contributed by atoms with E-state index in [-0.39, 0.29) is 5.91 Å². The Kier molecular flexibility index (Phi) is 5.49. The van der Waals surface area contributed by atoms with Crippen molar-refractivity contribution < 1.29 is 4.79 Å². The number of hydrogen-bond acceptors (Lipinski definition) is 3. The first-order valence-electron chi connectivity index (χ1n) is 9.09. The highest BCUT2D eigenvalue weighted by molar-refractivity contribution is 6.00. The lowest BCUT2D eigenvalue weighted by Gasteiger charge is -2.27. The van der Waals surface area contributed by atoms with Gasteiger partial charge in [-0.3, -0.25) is 9.78 Å². The van der Waals surface area contributed by atoms with E-state index in [2.05, 4.69) is 49.1 Å². The van der Waals surface area contributed by atoms with Crippen LogP contribution in [0.25, 0.3) is 11.3 Å². The summed E-state index contributed by atoms with van der Waals surface area (Å²) in [5.74, 6) is 0.105. The van der Waals surface area contributed by atoms with Crippen molar-refractivity contribution >= 4 is 5.91 Å². The van der Waals surface area contributed by atoms with Gasteiger partial charge in [-0.25, -0.2) is 0 Å². The number of carbonyl (C=O) groups is 1. The first kappa shape index (κ1) is 17.6. The lowest BCUT2D eigenvalue weighted by atomic mass is 9.99. The summed E-state index contributed by atoms with van der Waals surface area (Å²) in [6.45, 7) is 3.88. The molecule has 1 fully saturated rings. The molecule has 0 aliphatic carbocycles. The van der Waals surface area contributed by atoms with Gasteiger partial charge in [-0.15, -0.1) is 0 Å². The minimum absolute atomic E-state index is 0.105. The van der Waals surface area contributed by atoms with Gasteiger partial charge < -0.3 is 9.80 Å². The Balaban J connectivity index is 1.95. The number of amides is 1. The Labute approximate surface area is 150 Å². The van der Waals surface area contributed by atoms with E-state index in [4.69, 9.17) is 0 Å². The van der Waals surface area contributed by atoms with E-state index in [0.717, 1.165) is 37.2 Å². The van der Waals surface area contributed by atoms with Gasteiger partial charge in [-0.2, -0.15) is 0 Å². The smallest absolute Gasteiger partial charge is 0.256 e. The van der Waals surface area contributed by atoms with Crippen LogP contribution in [0.5, 0.6) is 0 Å². The molecule has 1 atom stereocenters. The van der Waals surface area contributed by atoms with Gasteiger partial charge in [0.1, 0.15) is 0 Å². The molecule has 1 aliphatic heterocycles. The van der Waals surface area contributed by atoms with Crippen molar-refractivity contribution in [1.29, 1.82) is 0 Å². The molecule has 3 rings (SSSR count). The van der Waals surface area contributed by atoms with E-state index < -0.39 is 0 Å². The van der Waals surface area contributed by atoms with Crippen LogP contribution >= 0.6 is 0 Å². The number of carbonyl (C=O) groups excluding carboxylic acids is 1. The molecule has 0 unspecified atom stereocenters. The second-order valence-corrected chi connectivity index (χ2v) is 7.02. The van der Waals surface area contributed by atoms with Gasteiger partial charge in [-0.05, 0) is 64.0 Å². The first-order valence-corrected chi connectivity index (χ1v) is 9.09. The summed E-state index contributed by atoms with van der Waals surface area (Å²) in [5.41, 5.74) is 3.72. The summed E-state index contributed by atoms with van der Waals surface area (Å²) in [7, 11) is 4.15. The minimum atomic E-state index is 0.105. The maximum atomic E-state index is 13.0. The molecule has 0 radical (unpaired) electrons. The lowest BCUT2D eigenvalue weighted by Crippen LogP contribution is -2.35. The van der Waals surface area contributed by atoms with Crippen molar-refractivity contribution in [2.24, 2.45) is 0 Å². The van der Waals surface area contributed by atoms with Crippen molar-refractivity contribution in [3.63, 3.8) is 0 Å². The summed E-state index contributed by atoms with van der Waals surface area (Å²) in [5, 5.41) is 0. The van der Waals surface area contributed by atoms with Crippen LogP contribution in [0.4, 0.5) is 0 Å². The van der Waals surface area contributed by atoms with Crippen LogP contribution in [0.1, 0.15) is 48.1 Å². The van der Waals surface area contributed by atoms with Crippen molar-refractivity contribution in [1.82, 2.24) is 14.8 Å². The molecule has 1 amide bonds. The van der Waals surface area contributed by atoms with Crippen molar-refractivity contribution in [3.8, 4) is 11.3 Å². The normalized spacial score (nSPS) is 16.1. The van der Waals surface area contributed by atoms with E-state index in [1.54, 1.807) is 6.20 Å². The first-order chi connectivity index (χ1) is 12.1. The van der Waals surface area contributed by atoms with Crippen LogP contribution in [-0.4, -0.2) is 47.9 Å². The Morgan fingerprint density at radius 1 is 1.12 bits per heavy atom. The molecule has 1 aromatic carbocycles. The number of hydrogen-bond donors (Lipinski definition) is 0. The third kappa shape index (κ3) is 3.90. The third-order valence-corrected chi connectivity index (χ3v) is 5.10. The third-order valence-electron chi connectivity index (χ3n) is 5.10. The monoisotopic (exact) mass is 337 g/mol. The van der Waals surface area contributed by atoms with Crippen LogP contribution in [0.15, 0.2) is 42.6 Å². The Hall–Kier alpha value is -2.20. The van der Waals surface area contributed by atoms with Crippen LogP contribution in [0.3, 0.4) is 0 Å². The van der Waals surface area contributed by atoms with Crippen LogP contribution in [-0.2, 0) is 0 Å². The number of likely N-dealkylation sites (tertiary alicyclic amines) is 1. The molecule has 1 saturated heterocycles. The van der Waals surface area contributed by atoms with Crippen LogP contribution in [0, 0.1) is 0 Å². The average Bonchev–Trinajstić information content (AvgIpc) is 2.67. The maximum absolute atomic E-state index is 13.0. The fourth-order valence-electron chi connectivity index (χ4n) is 3.32. The molecule has 4 nitrogen and oxygen atoms in total. The zero-order valence-corrected chi connectivity index (χ0v) is 15.4. The highest BCUT2D eigenvalue weighted by Gasteiger charge is 2.22. The van der Waals surface area contributed by atoms with Gasteiger partial charge >= 0.3 is 0 Å². The maximum Gasteiger partial charge on any atom is 0.256 e. The number of nitrogens with zero attached hydrogens (tertiary/aromatic N) is 3. The SMILES string of the molecule is C[C@@H](c1cccc(-c2ncccc2C(=O)N2CCCCC2)c1)N(C)C. The van der Waals surface area contributed by atoms with Gasteiger partial charge in [0.25, 0.3) is 5.91 Å². The predicted octanol–water partition coefficient (Wildman–Crippen LogP) is 4.00. The quantitative estimate of drug-likeness (QED) is 0.846. The van der Waals surface area contributed by atoms with Gasteiger partial charge in [0.2, 0.25) is 0 Å². The molecule has 4 heteroatoms. The molecule has 2 aromatic rings. The largest absolute Gasteiger partial charge is 0.339 e. The molecule has 0 bridgehead atoms.